The second-order valence-electron chi connectivity index (χ2n) is 4.17. The van der Waals surface area contributed by atoms with Gasteiger partial charge in [0.15, 0.2) is 5.82 Å². The highest BCUT2D eigenvalue weighted by atomic mass is 32.1. The van der Waals surface area contributed by atoms with E-state index in [-0.39, 0.29) is 0 Å². The number of nitrogens with one attached hydrogen (secondary N) is 1. The first-order valence-corrected chi connectivity index (χ1v) is 6.41. The minimum absolute atomic E-state index is 0.309. The number of hydrogen-bond donors (Lipinski definition) is 1. The molecule has 1 atom stereocenters. The minimum atomic E-state index is 0.309. The van der Waals surface area contributed by atoms with Crippen molar-refractivity contribution < 1.29 is 0 Å². The highest BCUT2D eigenvalue weighted by Gasteiger charge is 2.11. The highest BCUT2D eigenvalue weighted by Crippen LogP contribution is 2.26. The maximum absolute atomic E-state index is 4.14. The van der Waals surface area contributed by atoms with E-state index in [0.29, 0.717) is 12.6 Å². The second kappa shape index (κ2) is 4.93. The molecule has 6 heteroatoms. The minimum Gasteiger partial charge on any atom is -0.303 e. The Kier molecular flexibility index (Phi) is 3.54. The lowest BCUT2D eigenvalue weighted by atomic mass is 10.1. The molecule has 0 radical (unpaired) electrons. The summed E-state index contributed by atoms with van der Waals surface area (Å²) in [7, 11) is 1.77. The zero-order valence-corrected chi connectivity index (χ0v) is 11.4. The van der Waals surface area contributed by atoms with Crippen molar-refractivity contribution in [3.63, 3.8) is 0 Å². The molecular weight excluding hydrogens is 234 g/mol. The van der Waals surface area contributed by atoms with Crippen LogP contribution in [0.15, 0.2) is 6.07 Å². The molecule has 2 aromatic rings. The lowest BCUT2D eigenvalue weighted by Crippen LogP contribution is -2.19. The molecule has 0 aliphatic heterocycles. The summed E-state index contributed by atoms with van der Waals surface area (Å²) in [6, 6.07) is 2.55. The SMILES string of the molecule is Cc1cc(C(C)NCc2nnn(C)n2)c(C)s1. The van der Waals surface area contributed by atoms with E-state index in [1.54, 1.807) is 7.05 Å². The van der Waals surface area contributed by atoms with Crippen LogP contribution in [0.4, 0.5) is 0 Å². The molecule has 1 N–H and O–H groups in total. The van der Waals surface area contributed by atoms with Crippen LogP contribution < -0.4 is 5.32 Å². The Morgan fingerprint density at radius 2 is 2.24 bits per heavy atom. The fourth-order valence-electron chi connectivity index (χ4n) is 1.83. The van der Waals surface area contributed by atoms with E-state index < -0.39 is 0 Å². The molecule has 2 rings (SSSR count). The Labute approximate surface area is 105 Å². The van der Waals surface area contributed by atoms with E-state index in [1.165, 1.54) is 20.1 Å². The molecule has 0 aliphatic rings. The van der Waals surface area contributed by atoms with Crippen molar-refractivity contribution in [2.24, 2.45) is 7.05 Å². The molecule has 2 heterocycles. The van der Waals surface area contributed by atoms with Gasteiger partial charge in [0.2, 0.25) is 0 Å². The molecular formula is C11H17N5S. The van der Waals surface area contributed by atoms with Gasteiger partial charge in [-0.2, -0.15) is 4.80 Å². The first-order chi connectivity index (χ1) is 8.06. The topological polar surface area (TPSA) is 55.6 Å². The lowest BCUT2D eigenvalue weighted by molar-refractivity contribution is 0.555. The molecule has 0 spiro atoms. The number of rotatable bonds is 4. The zero-order chi connectivity index (χ0) is 12.4. The fourth-order valence-corrected chi connectivity index (χ4v) is 2.85. The first-order valence-electron chi connectivity index (χ1n) is 5.59. The molecule has 0 amide bonds. The van der Waals surface area contributed by atoms with Crippen molar-refractivity contribution in [2.75, 3.05) is 0 Å². The lowest BCUT2D eigenvalue weighted by Gasteiger charge is -2.11. The van der Waals surface area contributed by atoms with Crippen LogP contribution >= 0.6 is 11.3 Å². The van der Waals surface area contributed by atoms with Crippen LogP contribution in [0.5, 0.6) is 0 Å². The molecule has 0 saturated heterocycles. The number of tetrazole rings is 1. The molecule has 17 heavy (non-hydrogen) atoms. The molecule has 0 fully saturated rings. The highest BCUT2D eigenvalue weighted by molar-refractivity contribution is 7.12. The summed E-state index contributed by atoms with van der Waals surface area (Å²) in [5, 5.41) is 15.3. The number of nitrogens with zero attached hydrogens (tertiary/aromatic N) is 4. The number of hydrogen-bond acceptors (Lipinski definition) is 5. The smallest absolute Gasteiger partial charge is 0.188 e. The van der Waals surface area contributed by atoms with Crippen molar-refractivity contribution in [2.45, 2.75) is 33.4 Å². The predicted molar refractivity (Wildman–Crippen MR) is 67.8 cm³/mol. The number of aromatic nitrogens is 4. The van der Waals surface area contributed by atoms with Crippen LogP contribution in [0, 0.1) is 13.8 Å². The monoisotopic (exact) mass is 251 g/mol. The van der Waals surface area contributed by atoms with E-state index in [0.717, 1.165) is 5.82 Å². The van der Waals surface area contributed by atoms with Crippen LogP contribution in [0.25, 0.3) is 0 Å². The summed E-state index contributed by atoms with van der Waals surface area (Å²) >= 11 is 1.84. The van der Waals surface area contributed by atoms with E-state index in [1.807, 2.05) is 11.3 Å². The molecule has 0 aromatic carbocycles. The van der Waals surface area contributed by atoms with Gasteiger partial charge in [0.25, 0.3) is 0 Å². The van der Waals surface area contributed by atoms with Crippen LogP contribution in [0.2, 0.25) is 0 Å². The van der Waals surface area contributed by atoms with Crippen molar-refractivity contribution in [3.05, 3.63) is 27.2 Å². The summed E-state index contributed by atoms with van der Waals surface area (Å²) in [5.41, 5.74) is 1.36. The van der Waals surface area contributed by atoms with Crippen molar-refractivity contribution in [1.29, 1.82) is 0 Å². The molecule has 92 valence electrons. The largest absolute Gasteiger partial charge is 0.303 e. The Bertz CT molecular complexity index is 502. The van der Waals surface area contributed by atoms with Crippen LogP contribution in [0.3, 0.4) is 0 Å². The average molecular weight is 251 g/mol. The molecule has 5 nitrogen and oxygen atoms in total. The van der Waals surface area contributed by atoms with Gasteiger partial charge in [-0.15, -0.1) is 21.5 Å². The van der Waals surface area contributed by atoms with E-state index in [9.17, 15) is 0 Å². The van der Waals surface area contributed by atoms with Gasteiger partial charge >= 0.3 is 0 Å². The van der Waals surface area contributed by atoms with Gasteiger partial charge in [0, 0.05) is 15.8 Å². The average Bonchev–Trinajstić information content (AvgIpc) is 2.81. The van der Waals surface area contributed by atoms with Crippen molar-refractivity contribution in [1.82, 2.24) is 25.5 Å². The third kappa shape index (κ3) is 2.89. The predicted octanol–water partition coefficient (Wildman–Crippen LogP) is 1.74. The maximum atomic E-state index is 4.14. The Hall–Kier alpha value is -1.27. The summed E-state index contributed by atoms with van der Waals surface area (Å²) < 4.78 is 0. The first kappa shape index (κ1) is 12.2. The molecule has 0 aliphatic carbocycles. The second-order valence-corrected chi connectivity index (χ2v) is 5.63. The van der Waals surface area contributed by atoms with E-state index in [2.05, 4.69) is 47.6 Å². The van der Waals surface area contributed by atoms with Gasteiger partial charge in [-0.05, 0) is 37.6 Å². The number of aryl methyl sites for hydroxylation is 3. The Morgan fingerprint density at radius 3 is 2.76 bits per heavy atom. The van der Waals surface area contributed by atoms with Crippen molar-refractivity contribution >= 4 is 11.3 Å². The maximum Gasteiger partial charge on any atom is 0.188 e. The van der Waals surface area contributed by atoms with Crippen LogP contribution in [-0.2, 0) is 13.6 Å². The quantitative estimate of drug-likeness (QED) is 0.899. The molecule has 0 bridgehead atoms. The van der Waals surface area contributed by atoms with Crippen LogP contribution in [-0.4, -0.2) is 20.2 Å². The summed E-state index contributed by atoms with van der Waals surface area (Å²) in [6.07, 6.45) is 0. The molecule has 2 aromatic heterocycles. The third-order valence-electron chi connectivity index (χ3n) is 2.66. The third-order valence-corrected chi connectivity index (χ3v) is 3.64. The molecule has 1 unspecified atom stereocenters. The van der Waals surface area contributed by atoms with Gasteiger partial charge in [-0.25, -0.2) is 0 Å². The summed E-state index contributed by atoms with van der Waals surface area (Å²) in [6.45, 7) is 7.10. The molecule has 0 saturated carbocycles. The van der Waals surface area contributed by atoms with Gasteiger partial charge in [-0.1, -0.05) is 0 Å². The van der Waals surface area contributed by atoms with Gasteiger partial charge in [0.1, 0.15) is 0 Å². The summed E-state index contributed by atoms with van der Waals surface area (Å²) in [4.78, 5) is 4.19. The van der Waals surface area contributed by atoms with E-state index >= 15 is 0 Å². The fraction of sp³-hybridized carbons (Fsp3) is 0.545. The van der Waals surface area contributed by atoms with Gasteiger partial charge < -0.3 is 5.32 Å². The summed E-state index contributed by atoms with van der Waals surface area (Å²) in [5.74, 6) is 0.726. The van der Waals surface area contributed by atoms with Gasteiger partial charge in [-0.3, -0.25) is 0 Å². The number of thiophene rings is 1. The van der Waals surface area contributed by atoms with E-state index in [4.69, 9.17) is 0 Å². The normalized spacial score (nSPS) is 12.9. The van der Waals surface area contributed by atoms with Crippen molar-refractivity contribution in [3.8, 4) is 0 Å². The standard InChI is InChI=1S/C11H17N5S/c1-7-5-10(9(3)17-7)8(2)12-6-11-13-15-16(4)14-11/h5,8,12H,6H2,1-4H3. The van der Waals surface area contributed by atoms with Crippen LogP contribution in [0.1, 0.15) is 34.1 Å². The zero-order valence-electron chi connectivity index (χ0n) is 10.6. The van der Waals surface area contributed by atoms with Gasteiger partial charge in [0.05, 0.1) is 13.6 Å². The Morgan fingerprint density at radius 1 is 1.47 bits per heavy atom. The Balaban J connectivity index is 1.97.